The molecule has 9 atom stereocenters. The molecular formula is C25H45BO3Si. The topological polar surface area (TPSA) is 27.7 Å². The smallest absolute Gasteiger partial charge is 0.415 e. The first-order valence-corrected chi connectivity index (χ1v) is 16.4. The maximum Gasteiger partial charge on any atom is 0.454 e. The van der Waals surface area contributed by atoms with Crippen molar-refractivity contribution < 1.29 is 13.7 Å². The number of fused-ring (bicyclic) bond motifs is 6. The third-order valence-electron chi connectivity index (χ3n) is 10.7. The minimum Gasteiger partial charge on any atom is -0.415 e. The van der Waals surface area contributed by atoms with E-state index >= 15 is 0 Å². The fourth-order valence-electron chi connectivity index (χ4n) is 9.54. The van der Waals surface area contributed by atoms with Crippen molar-refractivity contribution in [2.24, 2.45) is 34.5 Å². The zero-order valence-corrected chi connectivity index (χ0v) is 21.6. The van der Waals surface area contributed by atoms with Crippen molar-refractivity contribution in [3.63, 3.8) is 0 Å². The van der Waals surface area contributed by atoms with Gasteiger partial charge in [-0.3, -0.25) is 0 Å². The Hall–Kier alpha value is 0.162. The number of hydrogen-bond donors (Lipinski definition) is 0. The van der Waals surface area contributed by atoms with E-state index in [0.717, 1.165) is 23.7 Å². The number of rotatable bonds is 2. The molecule has 0 radical (unpaired) electrons. The maximum atomic E-state index is 6.63. The molecule has 1 spiro atoms. The molecule has 1 heterocycles. The van der Waals surface area contributed by atoms with Gasteiger partial charge in [-0.05, 0) is 120 Å². The molecule has 5 heteroatoms. The van der Waals surface area contributed by atoms with Crippen LogP contribution in [0.3, 0.4) is 0 Å². The Balaban J connectivity index is 1.36. The van der Waals surface area contributed by atoms with Crippen molar-refractivity contribution in [3.05, 3.63) is 0 Å². The highest BCUT2D eigenvalue weighted by atomic mass is 28.4. The lowest BCUT2D eigenvalue weighted by Crippen LogP contribution is -2.59. The second kappa shape index (κ2) is 7.08. The minimum atomic E-state index is -1.44. The van der Waals surface area contributed by atoms with Gasteiger partial charge >= 0.3 is 7.12 Å². The Morgan fingerprint density at radius 2 is 1.67 bits per heavy atom. The van der Waals surface area contributed by atoms with Crippen molar-refractivity contribution in [1.82, 2.24) is 0 Å². The molecule has 0 N–H and O–H groups in total. The fraction of sp³-hybridized carbons (Fsp3) is 1.00. The number of hydrogen-bond acceptors (Lipinski definition) is 3. The summed E-state index contributed by atoms with van der Waals surface area (Å²) in [5, 5.41) is 0. The van der Waals surface area contributed by atoms with Crippen molar-refractivity contribution in [1.29, 1.82) is 0 Å². The van der Waals surface area contributed by atoms with E-state index in [1.54, 1.807) is 0 Å². The largest absolute Gasteiger partial charge is 0.454 e. The highest BCUT2D eigenvalue weighted by Gasteiger charge is 2.69. The van der Waals surface area contributed by atoms with Crippen molar-refractivity contribution in [3.8, 4) is 0 Å². The van der Waals surface area contributed by atoms with Crippen LogP contribution >= 0.6 is 0 Å². The zero-order chi connectivity index (χ0) is 21.5. The second-order valence-electron chi connectivity index (χ2n) is 13.1. The van der Waals surface area contributed by atoms with E-state index in [1.165, 1.54) is 57.8 Å². The monoisotopic (exact) mass is 432 g/mol. The lowest BCUT2D eigenvalue weighted by molar-refractivity contribution is -0.154. The molecule has 3 nitrogen and oxygen atoms in total. The van der Waals surface area contributed by atoms with Gasteiger partial charge in [0, 0.05) is 11.5 Å². The van der Waals surface area contributed by atoms with Crippen LogP contribution in [0.25, 0.3) is 0 Å². The molecule has 1 aliphatic heterocycles. The summed E-state index contributed by atoms with van der Waals surface area (Å²) in [7, 11) is -1.48. The Kier molecular flexibility index (Phi) is 5.19. The molecule has 5 rings (SSSR count). The molecule has 4 aliphatic carbocycles. The molecule has 0 aromatic heterocycles. The van der Waals surface area contributed by atoms with Crippen LogP contribution in [-0.4, -0.2) is 33.2 Å². The average Bonchev–Trinajstić information content (AvgIpc) is 3.10. The van der Waals surface area contributed by atoms with Crippen LogP contribution in [0, 0.1) is 34.5 Å². The molecule has 5 fully saturated rings. The van der Waals surface area contributed by atoms with Crippen LogP contribution < -0.4 is 0 Å². The van der Waals surface area contributed by atoms with Gasteiger partial charge < -0.3 is 13.7 Å². The first kappa shape index (κ1) is 22.0. The van der Waals surface area contributed by atoms with Gasteiger partial charge in [-0.15, -0.1) is 0 Å². The average molecular weight is 433 g/mol. The van der Waals surface area contributed by atoms with E-state index in [0.29, 0.717) is 16.9 Å². The third-order valence-corrected chi connectivity index (χ3v) is 11.8. The van der Waals surface area contributed by atoms with Gasteiger partial charge in [0.25, 0.3) is 0 Å². The molecule has 1 saturated heterocycles. The van der Waals surface area contributed by atoms with Gasteiger partial charge in [-0.1, -0.05) is 13.8 Å². The van der Waals surface area contributed by atoms with E-state index < -0.39 is 8.32 Å². The van der Waals surface area contributed by atoms with Crippen LogP contribution in [0.5, 0.6) is 0 Å². The highest BCUT2D eigenvalue weighted by Crippen LogP contribution is 2.70. The van der Waals surface area contributed by atoms with Gasteiger partial charge in [0.15, 0.2) is 8.32 Å². The summed E-state index contributed by atoms with van der Waals surface area (Å²) in [6.07, 6.45) is 12.9. The first-order chi connectivity index (χ1) is 14.0. The predicted octanol–water partition coefficient (Wildman–Crippen LogP) is 6.54. The maximum absolute atomic E-state index is 6.63. The molecule has 30 heavy (non-hydrogen) atoms. The van der Waals surface area contributed by atoms with Crippen LogP contribution in [0.15, 0.2) is 0 Å². The summed E-state index contributed by atoms with van der Waals surface area (Å²) in [5.41, 5.74) is 0.785. The van der Waals surface area contributed by atoms with Gasteiger partial charge in [-0.2, -0.15) is 0 Å². The van der Waals surface area contributed by atoms with Crippen molar-refractivity contribution in [2.45, 2.75) is 123 Å². The van der Waals surface area contributed by atoms with E-state index in [1.807, 2.05) is 0 Å². The van der Waals surface area contributed by atoms with Gasteiger partial charge in [0.2, 0.25) is 0 Å². The fourth-order valence-corrected chi connectivity index (χ4v) is 10.8. The molecule has 5 aliphatic rings. The summed E-state index contributed by atoms with van der Waals surface area (Å²) in [6, 6.07) is 0. The standard InChI is InChI=1S/C25H45BO3Si/c1-17-25(29-26(4)27-17)15-12-22-20-9-8-18-16-19(28-30(5,6)7)10-13-23(18,2)21(20)11-14-24(22,25)3/h17-22H,8-16H2,1-7H3/t17-,18-,19-,20-,21+,22+,23+,24+,25+/m1/s1. The summed E-state index contributed by atoms with van der Waals surface area (Å²) in [5.74, 6) is 3.50. The van der Waals surface area contributed by atoms with E-state index in [-0.39, 0.29) is 18.8 Å². The second-order valence-corrected chi connectivity index (χ2v) is 17.6. The molecular weight excluding hydrogens is 387 g/mol. The summed E-state index contributed by atoms with van der Waals surface area (Å²) in [4.78, 5) is 0. The van der Waals surface area contributed by atoms with E-state index in [2.05, 4.69) is 47.2 Å². The Morgan fingerprint density at radius 1 is 0.933 bits per heavy atom. The zero-order valence-electron chi connectivity index (χ0n) is 20.6. The van der Waals surface area contributed by atoms with Crippen molar-refractivity contribution >= 4 is 15.4 Å². The molecule has 0 bridgehead atoms. The normalized spacial score (nSPS) is 53.5. The van der Waals surface area contributed by atoms with Gasteiger partial charge in [0.05, 0.1) is 11.7 Å². The third kappa shape index (κ3) is 3.08. The van der Waals surface area contributed by atoms with Crippen molar-refractivity contribution in [2.75, 3.05) is 0 Å². The molecule has 0 amide bonds. The first-order valence-electron chi connectivity index (χ1n) is 13.0. The molecule has 0 aromatic carbocycles. The minimum absolute atomic E-state index is 0.0387. The lowest BCUT2D eigenvalue weighted by Gasteiger charge is -2.62. The van der Waals surface area contributed by atoms with E-state index in [9.17, 15) is 0 Å². The Labute approximate surface area is 186 Å². The van der Waals surface area contributed by atoms with Crippen LogP contribution in [0.2, 0.25) is 26.5 Å². The van der Waals surface area contributed by atoms with E-state index in [4.69, 9.17) is 13.7 Å². The molecule has 4 saturated carbocycles. The molecule has 0 aromatic rings. The van der Waals surface area contributed by atoms with Crippen LogP contribution in [0.1, 0.15) is 78.6 Å². The molecule has 170 valence electrons. The summed E-state index contributed by atoms with van der Waals surface area (Å²) < 4.78 is 19.4. The predicted molar refractivity (Wildman–Crippen MR) is 126 cm³/mol. The lowest BCUT2D eigenvalue weighted by atomic mass is 9.44. The Bertz CT molecular complexity index is 682. The quantitative estimate of drug-likeness (QED) is 0.464. The van der Waals surface area contributed by atoms with Gasteiger partial charge in [-0.25, -0.2) is 0 Å². The highest BCUT2D eigenvalue weighted by molar-refractivity contribution is 6.69. The summed E-state index contributed by atoms with van der Waals surface area (Å²) in [6.45, 7) is 16.7. The van der Waals surface area contributed by atoms with Crippen LogP contribution in [-0.2, 0) is 13.7 Å². The molecule has 0 unspecified atom stereocenters. The SMILES string of the molecule is CB1O[C@H](C)[C@]2(CC[C@H]3[C@@H]4CC[C@@H]5C[C@H](O[Si](C)(C)C)CC[C@]5(C)[C@H]4CC[C@@]32C)O1. The summed E-state index contributed by atoms with van der Waals surface area (Å²) >= 11 is 0. The Morgan fingerprint density at radius 3 is 2.33 bits per heavy atom. The van der Waals surface area contributed by atoms with Crippen LogP contribution in [0.4, 0.5) is 0 Å². The van der Waals surface area contributed by atoms with Gasteiger partial charge in [0.1, 0.15) is 0 Å².